The van der Waals surface area contributed by atoms with Crippen LogP contribution in [0.25, 0.3) is 10.4 Å². The van der Waals surface area contributed by atoms with Crippen molar-refractivity contribution in [3.63, 3.8) is 0 Å². The van der Waals surface area contributed by atoms with Crippen LogP contribution in [0.1, 0.15) is 18.1 Å². The molecule has 16 heavy (non-hydrogen) atoms. The van der Waals surface area contributed by atoms with Crippen LogP contribution in [-0.2, 0) is 0 Å². The summed E-state index contributed by atoms with van der Waals surface area (Å²) in [6.45, 7) is 0.300. The van der Waals surface area contributed by atoms with Crippen molar-refractivity contribution in [1.82, 2.24) is 0 Å². The van der Waals surface area contributed by atoms with Gasteiger partial charge in [-0.3, -0.25) is 0 Å². The fourth-order valence-corrected chi connectivity index (χ4v) is 1.37. The second-order valence-corrected chi connectivity index (χ2v) is 3.37. The fourth-order valence-electron chi connectivity index (χ4n) is 1.37. The summed E-state index contributed by atoms with van der Waals surface area (Å²) in [5.74, 6) is 0. The van der Waals surface area contributed by atoms with Gasteiger partial charge in [0, 0.05) is 10.6 Å². The van der Waals surface area contributed by atoms with Crippen LogP contribution in [0.2, 0.25) is 0 Å². The molecule has 86 valence electrons. The Morgan fingerprint density at radius 2 is 2.19 bits per heavy atom. The van der Waals surface area contributed by atoms with Crippen LogP contribution in [0.15, 0.2) is 29.4 Å². The highest BCUT2D eigenvalue weighted by molar-refractivity contribution is 5.40. The highest BCUT2D eigenvalue weighted by atomic mass is 16.3. The minimum atomic E-state index is -1.02. The number of nitrogens with zero attached hydrogens (tertiary/aromatic N) is 3. The van der Waals surface area contributed by atoms with Crippen LogP contribution < -0.4 is 5.73 Å². The lowest BCUT2D eigenvalue weighted by Gasteiger charge is -2.17. The zero-order chi connectivity index (χ0) is 12.0. The fraction of sp³-hybridized carbons (Fsp3) is 0.400. The zero-order valence-electron chi connectivity index (χ0n) is 8.69. The molecule has 0 radical (unpaired) electrons. The van der Waals surface area contributed by atoms with Gasteiger partial charge in [0.1, 0.15) is 6.10 Å². The zero-order valence-corrected chi connectivity index (χ0v) is 8.69. The summed E-state index contributed by atoms with van der Waals surface area (Å²) in [6.07, 6.45) is -1.61. The van der Waals surface area contributed by atoms with Crippen LogP contribution in [-0.4, -0.2) is 22.9 Å². The van der Waals surface area contributed by atoms with E-state index in [1.165, 1.54) is 6.07 Å². The maximum Gasteiger partial charge on any atom is 0.105 e. The van der Waals surface area contributed by atoms with Crippen LogP contribution >= 0.6 is 0 Å². The quantitative estimate of drug-likeness (QED) is 0.397. The van der Waals surface area contributed by atoms with Gasteiger partial charge in [-0.15, -0.1) is 0 Å². The lowest BCUT2D eigenvalue weighted by Crippen LogP contribution is -2.21. The topological polar surface area (TPSA) is 115 Å². The molecule has 2 unspecified atom stereocenters. The summed E-state index contributed by atoms with van der Waals surface area (Å²) in [4.78, 5) is 2.65. The molecule has 0 spiro atoms. The van der Waals surface area contributed by atoms with Crippen molar-refractivity contribution in [2.45, 2.75) is 18.6 Å². The van der Waals surface area contributed by atoms with Crippen LogP contribution in [0.4, 0.5) is 5.69 Å². The maximum atomic E-state index is 9.77. The van der Waals surface area contributed by atoms with Gasteiger partial charge in [-0.05, 0) is 30.1 Å². The Morgan fingerprint density at radius 1 is 1.44 bits per heavy atom. The smallest absolute Gasteiger partial charge is 0.105 e. The largest absolute Gasteiger partial charge is 0.390 e. The lowest BCUT2D eigenvalue weighted by molar-refractivity contribution is 0.0150. The molecule has 1 rings (SSSR count). The molecule has 0 saturated heterocycles. The first-order chi connectivity index (χ1) is 7.69. The Balaban J connectivity index is 2.86. The SMILES string of the molecule is [N-]=[N+]=Nc1cccc(C(O)C(O)CCN)c1. The predicted molar refractivity (Wildman–Crippen MR) is 59.9 cm³/mol. The van der Waals surface area contributed by atoms with Gasteiger partial charge >= 0.3 is 0 Å². The van der Waals surface area contributed by atoms with Gasteiger partial charge in [-0.25, -0.2) is 0 Å². The molecular weight excluding hydrogens is 208 g/mol. The molecule has 0 heterocycles. The molecule has 1 aromatic rings. The lowest BCUT2D eigenvalue weighted by atomic mass is 10.0. The van der Waals surface area contributed by atoms with Crippen LogP contribution in [0.5, 0.6) is 0 Å². The van der Waals surface area contributed by atoms with Crippen LogP contribution in [0, 0.1) is 0 Å². The second kappa shape index (κ2) is 6.09. The summed E-state index contributed by atoms with van der Waals surface area (Å²) < 4.78 is 0. The van der Waals surface area contributed by atoms with E-state index in [-0.39, 0.29) is 0 Å². The number of azide groups is 1. The molecule has 4 N–H and O–H groups in total. The molecule has 0 aliphatic heterocycles. The standard InChI is InChI=1S/C10H14N4O2/c11-5-4-9(15)10(16)7-2-1-3-8(6-7)13-14-12/h1-3,6,9-10,15-16H,4-5,11H2. The minimum Gasteiger partial charge on any atom is -0.390 e. The highest BCUT2D eigenvalue weighted by Crippen LogP contribution is 2.23. The van der Waals surface area contributed by atoms with Crippen molar-refractivity contribution in [3.8, 4) is 0 Å². The van der Waals surface area contributed by atoms with E-state index in [0.29, 0.717) is 24.2 Å². The molecule has 6 nitrogen and oxygen atoms in total. The third kappa shape index (κ3) is 3.22. The molecule has 2 atom stereocenters. The number of aliphatic hydroxyl groups is 2. The van der Waals surface area contributed by atoms with Crippen molar-refractivity contribution in [1.29, 1.82) is 0 Å². The molecule has 0 saturated carbocycles. The number of hydrogen-bond donors (Lipinski definition) is 3. The summed E-state index contributed by atoms with van der Waals surface area (Å²) in [6, 6.07) is 6.45. The average molecular weight is 222 g/mol. The Hall–Kier alpha value is -1.59. The van der Waals surface area contributed by atoms with Crippen molar-refractivity contribution >= 4 is 5.69 Å². The Bertz CT molecular complexity index is 390. The number of rotatable bonds is 5. The third-order valence-corrected chi connectivity index (χ3v) is 2.20. The first-order valence-electron chi connectivity index (χ1n) is 4.90. The normalized spacial score (nSPS) is 13.9. The molecule has 0 aliphatic carbocycles. The van der Waals surface area contributed by atoms with E-state index in [0.717, 1.165) is 0 Å². The Morgan fingerprint density at radius 3 is 2.81 bits per heavy atom. The maximum absolute atomic E-state index is 9.77. The van der Waals surface area contributed by atoms with E-state index in [4.69, 9.17) is 11.3 Å². The van der Waals surface area contributed by atoms with Crippen molar-refractivity contribution in [3.05, 3.63) is 40.3 Å². The molecule has 1 aromatic carbocycles. The summed E-state index contributed by atoms with van der Waals surface area (Å²) >= 11 is 0. The van der Waals surface area contributed by atoms with E-state index in [9.17, 15) is 10.2 Å². The van der Waals surface area contributed by atoms with Crippen molar-refractivity contribution in [2.24, 2.45) is 10.8 Å². The van der Waals surface area contributed by atoms with Gasteiger partial charge < -0.3 is 15.9 Å². The predicted octanol–water partition coefficient (Wildman–Crippen LogP) is 1.37. The molecule has 0 fully saturated rings. The molecule has 0 aliphatic rings. The first kappa shape index (κ1) is 12.5. The van der Waals surface area contributed by atoms with Crippen molar-refractivity contribution < 1.29 is 10.2 Å². The van der Waals surface area contributed by atoms with Gasteiger partial charge in [0.2, 0.25) is 0 Å². The first-order valence-corrected chi connectivity index (χ1v) is 4.90. The average Bonchev–Trinajstić information content (AvgIpc) is 2.29. The monoisotopic (exact) mass is 222 g/mol. The molecule has 0 aromatic heterocycles. The Kier molecular flexibility index (Phi) is 4.75. The van der Waals surface area contributed by atoms with E-state index < -0.39 is 12.2 Å². The molecule has 6 heteroatoms. The van der Waals surface area contributed by atoms with Gasteiger partial charge in [0.15, 0.2) is 0 Å². The number of aliphatic hydroxyl groups excluding tert-OH is 2. The molecular formula is C10H14N4O2. The highest BCUT2D eigenvalue weighted by Gasteiger charge is 2.17. The number of nitrogens with two attached hydrogens (primary N) is 1. The van der Waals surface area contributed by atoms with Gasteiger partial charge in [-0.2, -0.15) is 0 Å². The van der Waals surface area contributed by atoms with E-state index in [2.05, 4.69) is 10.0 Å². The van der Waals surface area contributed by atoms with Gasteiger partial charge in [0.25, 0.3) is 0 Å². The van der Waals surface area contributed by atoms with Gasteiger partial charge in [-0.1, -0.05) is 23.3 Å². The van der Waals surface area contributed by atoms with E-state index in [1.54, 1.807) is 18.2 Å². The molecule has 0 amide bonds. The van der Waals surface area contributed by atoms with Gasteiger partial charge in [0.05, 0.1) is 6.10 Å². The van der Waals surface area contributed by atoms with E-state index in [1.807, 2.05) is 0 Å². The molecule has 0 bridgehead atoms. The summed E-state index contributed by atoms with van der Waals surface area (Å²) in [5, 5.41) is 22.7. The third-order valence-electron chi connectivity index (χ3n) is 2.20. The van der Waals surface area contributed by atoms with E-state index >= 15 is 0 Å². The van der Waals surface area contributed by atoms with Crippen LogP contribution in [0.3, 0.4) is 0 Å². The Labute approximate surface area is 93.0 Å². The number of benzene rings is 1. The summed E-state index contributed by atoms with van der Waals surface area (Å²) in [5.41, 5.74) is 14.5. The second-order valence-electron chi connectivity index (χ2n) is 3.37. The minimum absolute atomic E-state index is 0.300. The summed E-state index contributed by atoms with van der Waals surface area (Å²) in [7, 11) is 0. The van der Waals surface area contributed by atoms with Crippen molar-refractivity contribution in [2.75, 3.05) is 6.54 Å². The number of hydrogen-bond acceptors (Lipinski definition) is 4.